The highest BCUT2D eigenvalue weighted by Crippen LogP contribution is 2.34. The zero-order chi connectivity index (χ0) is 20.5. The number of anilines is 2. The molecule has 1 saturated carbocycles. The van der Waals surface area contributed by atoms with Gasteiger partial charge in [0.05, 0.1) is 5.69 Å². The van der Waals surface area contributed by atoms with Crippen molar-refractivity contribution in [1.82, 2.24) is 4.98 Å². The summed E-state index contributed by atoms with van der Waals surface area (Å²) in [6, 6.07) is 16.1. The van der Waals surface area contributed by atoms with Crippen molar-refractivity contribution in [3.63, 3.8) is 0 Å². The zero-order valence-corrected chi connectivity index (χ0v) is 18.1. The van der Waals surface area contributed by atoms with E-state index in [2.05, 4.69) is 66.5 Å². The molecule has 29 heavy (non-hydrogen) atoms. The van der Waals surface area contributed by atoms with Gasteiger partial charge in [-0.3, -0.25) is 0 Å². The van der Waals surface area contributed by atoms with E-state index >= 15 is 0 Å². The van der Waals surface area contributed by atoms with Crippen LogP contribution >= 0.6 is 0 Å². The number of benzene rings is 1. The Morgan fingerprint density at radius 1 is 1.10 bits per heavy atom. The molecule has 0 radical (unpaired) electrons. The number of hydrogen-bond donors (Lipinski definition) is 2. The van der Waals surface area contributed by atoms with Gasteiger partial charge >= 0.3 is 0 Å². The second-order valence-electron chi connectivity index (χ2n) is 8.36. The lowest BCUT2D eigenvalue weighted by molar-refractivity contribution is 0.284. The maximum Gasteiger partial charge on any atom is 0.152 e. The Morgan fingerprint density at radius 3 is 2.55 bits per heavy atom. The maximum atomic E-state index is 9.13. The van der Waals surface area contributed by atoms with Crippen LogP contribution in [0.15, 0.2) is 42.5 Å². The number of aromatic nitrogens is 1. The van der Waals surface area contributed by atoms with Crippen LogP contribution < -0.4 is 10.2 Å². The summed E-state index contributed by atoms with van der Waals surface area (Å²) in [5.41, 5.74) is 3.61. The summed E-state index contributed by atoms with van der Waals surface area (Å²) in [6.07, 6.45) is 8.91. The molecule has 0 unspecified atom stereocenters. The number of rotatable bonds is 11. The molecule has 1 aliphatic carbocycles. The van der Waals surface area contributed by atoms with Crippen molar-refractivity contribution in [1.29, 1.82) is 0 Å². The first-order valence-electron chi connectivity index (χ1n) is 11.4. The van der Waals surface area contributed by atoms with E-state index in [1.807, 2.05) is 0 Å². The van der Waals surface area contributed by atoms with E-state index in [4.69, 9.17) is 10.1 Å². The minimum absolute atomic E-state index is 0.253. The number of aryl methyl sites for hydroxylation is 1. The van der Waals surface area contributed by atoms with Crippen molar-refractivity contribution in [2.24, 2.45) is 0 Å². The van der Waals surface area contributed by atoms with E-state index in [0.717, 1.165) is 49.4 Å². The number of nitrogens with one attached hydrogen (secondary N) is 1. The minimum atomic E-state index is 0.253. The molecule has 3 rings (SSSR count). The molecule has 1 fully saturated rings. The highest BCUT2D eigenvalue weighted by atomic mass is 16.2. The average molecular weight is 396 g/mol. The molecule has 1 heterocycles. The third-order valence-corrected chi connectivity index (χ3v) is 6.02. The van der Waals surface area contributed by atoms with E-state index in [-0.39, 0.29) is 6.61 Å². The van der Waals surface area contributed by atoms with Crippen LogP contribution in [0.1, 0.15) is 70.1 Å². The molecule has 4 heteroatoms. The normalized spacial score (nSPS) is 15.4. The highest BCUT2D eigenvalue weighted by Gasteiger charge is 2.26. The van der Waals surface area contributed by atoms with E-state index < -0.39 is 0 Å². The molecule has 158 valence electrons. The molecule has 0 spiro atoms. The lowest BCUT2D eigenvalue weighted by Gasteiger charge is -2.33. The number of unbranched alkanes of at least 4 members (excludes halogenated alkanes) is 1. The number of nitrogens with zero attached hydrogens (tertiary/aromatic N) is 2. The van der Waals surface area contributed by atoms with Gasteiger partial charge in [0.2, 0.25) is 0 Å². The summed E-state index contributed by atoms with van der Waals surface area (Å²) in [4.78, 5) is 7.70. The Labute approximate surface area is 176 Å². The van der Waals surface area contributed by atoms with E-state index in [1.165, 1.54) is 31.2 Å². The van der Waals surface area contributed by atoms with Crippen LogP contribution in [0.3, 0.4) is 0 Å². The first-order chi connectivity index (χ1) is 14.2. The summed E-state index contributed by atoms with van der Waals surface area (Å²) in [7, 11) is 0. The minimum Gasteiger partial charge on any atom is -0.396 e. The summed E-state index contributed by atoms with van der Waals surface area (Å²) in [5, 5.41) is 12.8. The summed E-state index contributed by atoms with van der Waals surface area (Å²) < 4.78 is 0. The summed E-state index contributed by atoms with van der Waals surface area (Å²) in [6.45, 7) is 5.60. The number of pyridine rings is 1. The Kier molecular flexibility index (Phi) is 8.36. The molecule has 2 N–H and O–H groups in total. The molecular formula is C25H37N3O. The summed E-state index contributed by atoms with van der Waals surface area (Å²) in [5.74, 6) is 1.10. The first-order valence-corrected chi connectivity index (χ1v) is 11.4. The van der Waals surface area contributed by atoms with Gasteiger partial charge in [0.15, 0.2) is 5.82 Å². The van der Waals surface area contributed by atoms with Crippen LogP contribution in [-0.4, -0.2) is 28.8 Å². The van der Waals surface area contributed by atoms with Crippen LogP contribution in [0.25, 0.3) is 0 Å². The standard InChI is InChI=1S/C25H37N3O/c1-3-20(2)26-24-17-16-22(13-9-10-18-29)27-25(24)28(23-14-7-8-15-23)19-21-11-5-4-6-12-21/h4-6,11-12,16-17,20,23,26,29H,3,7-10,13-15,18-19H2,1-2H3/t20-/m0/s1. The fourth-order valence-corrected chi connectivity index (χ4v) is 4.12. The highest BCUT2D eigenvalue weighted by molar-refractivity contribution is 5.67. The van der Waals surface area contributed by atoms with Gasteiger partial charge < -0.3 is 15.3 Å². The lowest BCUT2D eigenvalue weighted by Crippen LogP contribution is -2.34. The Balaban J connectivity index is 1.93. The number of hydrogen-bond acceptors (Lipinski definition) is 4. The van der Waals surface area contributed by atoms with Crippen LogP contribution in [-0.2, 0) is 13.0 Å². The van der Waals surface area contributed by atoms with Crippen molar-refractivity contribution in [3.05, 3.63) is 53.7 Å². The molecule has 0 saturated heterocycles. The second-order valence-corrected chi connectivity index (χ2v) is 8.36. The predicted octanol–water partition coefficient (Wildman–Crippen LogP) is 5.56. The van der Waals surface area contributed by atoms with Gasteiger partial charge in [-0.15, -0.1) is 0 Å². The van der Waals surface area contributed by atoms with Crippen molar-refractivity contribution >= 4 is 11.5 Å². The van der Waals surface area contributed by atoms with Crippen molar-refractivity contribution in [3.8, 4) is 0 Å². The van der Waals surface area contributed by atoms with Crippen LogP contribution in [0.2, 0.25) is 0 Å². The smallest absolute Gasteiger partial charge is 0.152 e. The molecular weight excluding hydrogens is 358 g/mol. The zero-order valence-electron chi connectivity index (χ0n) is 18.1. The van der Waals surface area contributed by atoms with Gasteiger partial charge in [0.1, 0.15) is 0 Å². The van der Waals surface area contributed by atoms with Crippen molar-refractivity contribution < 1.29 is 5.11 Å². The fourth-order valence-electron chi connectivity index (χ4n) is 4.12. The monoisotopic (exact) mass is 395 g/mol. The molecule has 1 aliphatic rings. The van der Waals surface area contributed by atoms with Crippen molar-refractivity contribution in [2.45, 2.75) is 83.8 Å². The first kappa shape index (κ1) is 21.6. The lowest BCUT2D eigenvalue weighted by atomic mass is 10.1. The second kappa shape index (κ2) is 11.2. The van der Waals surface area contributed by atoms with Crippen LogP contribution in [0, 0.1) is 0 Å². The summed E-state index contributed by atoms with van der Waals surface area (Å²) >= 11 is 0. The largest absolute Gasteiger partial charge is 0.396 e. The molecule has 2 aromatic rings. The third-order valence-electron chi connectivity index (χ3n) is 6.02. The molecule has 1 atom stereocenters. The number of aliphatic hydroxyl groups is 1. The topological polar surface area (TPSA) is 48.4 Å². The fraction of sp³-hybridized carbons (Fsp3) is 0.560. The Hall–Kier alpha value is -2.07. The molecule has 0 bridgehead atoms. The van der Waals surface area contributed by atoms with Crippen molar-refractivity contribution in [2.75, 3.05) is 16.8 Å². The van der Waals surface area contributed by atoms with Gasteiger partial charge in [0, 0.05) is 30.9 Å². The van der Waals surface area contributed by atoms with E-state index in [9.17, 15) is 0 Å². The predicted molar refractivity (Wildman–Crippen MR) is 123 cm³/mol. The molecule has 1 aromatic heterocycles. The van der Waals surface area contributed by atoms with Gasteiger partial charge in [0.25, 0.3) is 0 Å². The molecule has 1 aromatic carbocycles. The Morgan fingerprint density at radius 2 is 1.86 bits per heavy atom. The van der Waals surface area contributed by atoms with Gasteiger partial charge in [-0.2, -0.15) is 0 Å². The van der Waals surface area contributed by atoms with Gasteiger partial charge in [-0.05, 0) is 63.1 Å². The van der Waals surface area contributed by atoms with Crippen LogP contribution in [0.4, 0.5) is 11.5 Å². The van der Waals surface area contributed by atoms with Crippen LogP contribution in [0.5, 0.6) is 0 Å². The van der Waals surface area contributed by atoms with Gasteiger partial charge in [-0.25, -0.2) is 4.98 Å². The maximum absolute atomic E-state index is 9.13. The quantitative estimate of drug-likeness (QED) is 0.489. The molecule has 0 amide bonds. The van der Waals surface area contributed by atoms with E-state index in [1.54, 1.807) is 0 Å². The number of aliphatic hydroxyl groups excluding tert-OH is 1. The Bertz CT molecular complexity index is 728. The third kappa shape index (κ3) is 6.20. The SMILES string of the molecule is CC[C@H](C)Nc1ccc(CCCCO)nc1N(Cc1ccccc1)C1CCCC1. The van der Waals surface area contributed by atoms with Gasteiger partial charge in [-0.1, -0.05) is 50.1 Å². The molecule has 4 nitrogen and oxygen atoms in total. The average Bonchev–Trinajstić information content (AvgIpc) is 3.28. The molecule has 0 aliphatic heterocycles. The van der Waals surface area contributed by atoms with E-state index in [0.29, 0.717) is 12.1 Å².